The summed E-state index contributed by atoms with van der Waals surface area (Å²) in [7, 11) is 0. The molecule has 2 N–H and O–H groups in total. The minimum absolute atomic E-state index is 0.239. The highest BCUT2D eigenvalue weighted by molar-refractivity contribution is 7.10. The molecule has 1 aliphatic heterocycles. The zero-order valence-electron chi connectivity index (χ0n) is 22.5. The fraction of sp³-hybridized carbons (Fsp3) is 0.333. The Morgan fingerprint density at radius 2 is 2.12 bits per heavy atom. The number of hydrogen-bond acceptors (Lipinski definition) is 9. The number of nitrogens with zero attached hydrogens (tertiary/aromatic N) is 8. The summed E-state index contributed by atoms with van der Waals surface area (Å²) in [5.74, 6) is -1.44. The summed E-state index contributed by atoms with van der Waals surface area (Å²) in [6.07, 6.45) is 7.60. The molecule has 0 aliphatic carbocycles. The van der Waals surface area contributed by atoms with Crippen LogP contribution in [0.3, 0.4) is 0 Å². The number of nitrogens with one attached hydrogen (secondary N) is 2. The van der Waals surface area contributed by atoms with Crippen molar-refractivity contribution in [2.75, 3.05) is 23.7 Å². The maximum Gasteiger partial charge on any atom is 0.246 e. The van der Waals surface area contributed by atoms with Gasteiger partial charge in [0.2, 0.25) is 5.91 Å². The van der Waals surface area contributed by atoms with Gasteiger partial charge in [-0.25, -0.2) is 23.4 Å². The van der Waals surface area contributed by atoms with Crippen LogP contribution in [0.1, 0.15) is 31.2 Å². The van der Waals surface area contributed by atoms with E-state index in [9.17, 15) is 13.6 Å². The fourth-order valence-electron chi connectivity index (χ4n) is 5.03. The summed E-state index contributed by atoms with van der Waals surface area (Å²) >= 11 is 1.39. The van der Waals surface area contributed by atoms with Crippen molar-refractivity contribution in [3.05, 3.63) is 65.9 Å². The first-order valence-electron chi connectivity index (χ1n) is 13.3. The highest BCUT2D eigenvalue weighted by atomic mass is 32.1. The number of benzene rings is 1. The largest absolute Gasteiger partial charge is 0.328 e. The molecule has 6 rings (SSSR count). The number of carbonyl (C=O) groups is 1. The van der Waals surface area contributed by atoms with Crippen LogP contribution in [-0.2, 0) is 17.9 Å². The van der Waals surface area contributed by atoms with E-state index in [1.54, 1.807) is 12.4 Å². The number of halogens is 2. The highest BCUT2D eigenvalue weighted by Gasteiger charge is 2.19. The van der Waals surface area contributed by atoms with Gasteiger partial charge in [-0.3, -0.25) is 14.1 Å². The number of imidazole rings is 1. The van der Waals surface area contributed by atoms with Crippen LogP contribution in [0.15, 0.2) is 42.9 Å². The van der Waals surface area contributed by atoms with Gasteiger partial charge in [0.1, 0.15) is 17.2 Å². The van der Waals surface area contributed by atoms with Crippen molar-refractivity contribution >= 4 is 39.6 Å². The van der Waals surface area contributed by atoms with E-state index in [-0.39, 0.29) is 12.2 Å². The molecule has 0 bridgehead atoms. The van der Waals surface area contributed by atoms with Crippen LogP contribution in [0.25, 0.3) is 17.0 Å². The van der Waals surface area contributed by atoms with Gasteiger partial charge >= 0.3 is 0 Å². The number of likely N-dealkylation sites (tertiary alicyclic amines) is 1. The van der Waals surface area contributed by atoms with Crippen molar-refractivity contribution in [3.8, 4) is 11.4 Å². The molecule has 1 aliphatic rings. The Morgan fingerprint density at radius 3 is 2.98 bits per heavy atom. The maximum absolute atomic E-state index is 13.9. The fourth-order valence-corrected chi connectivity index (χ4v) is 5.69. The third kappa shape index (κ3) is 5.93. The number of aryl methyl sites for hydroxylation is 1. The lowest BCUT2D eigenvalue weighted by atomic mass is 10.0. The molecule has 14 heteroatoms. The SMILES string of the molecule is Cc1cn2c(-c3cn(CC(=O)Nc4cccc(F)c4F)nn3)cnc2c(Nc2cc(CN3CCCC(C)C3)ns2)n1. The lowest BCUT2D eigenvalue weighted by molar-refractivity contribution is -0.117. The van der Waals surface area contributed by atoms with Crippen molar-refractivity contribution in [2.24, 2.45) is 5.92 Å². The predicted molar refractivity (Wildman–Crippen MR) is 151 cm³/mol. The first-order chi connectivity index (χ1) is 19.8. The number of rotatable bonds is 8. The number of anilines is 3. The molecule has 212 valence electrons. The Hall–Kier alpha value is -4.30. The lowest BCUT2D eigenvalue weighted by Gasteiger charge is -2.30. The monoisotopic (exact) mass is 578 g/mol. The molecule has 11 nitrogen and oxygen atoms in total. The van der Waals surface area contributed by atoms with Crippen molar-refractivity contribution in [3.63, 3.8) is 0 Å². The molecule has 0 radical (unpaired) electrons. The molecule has 1 atom stereocenters. The average molecular weight is 579 g/mol. The first kappa shape index (κ1) is 26.9. The second-order valence-corrected chi connectivity index (χ2v) is 11.1. The minimum Gasteiger partial charge on any atom is -0.328 e. The van der Waals surface area contributed by atoms with Crippen molar-refractivity contribution in [1.29, 1.82) is 0 Å². The van der Waals surface area contributed by atoms with Crippen molar-refractivity contribution in [2.45, 2.75) is 39.8 Å². The smallest absolute Gasteiger partial charge is 0.246 e. The number of aromatic nitrogens is 7. The Labute approximate surface area is 238 Å². The Morgan fingerprint density at radius 1 is 1.24 bits per heavy atom. The topological polar surface area (TPSA) is 118 Å². The van der Waals surface area contributed by atoms with Crippen molar-refractivity contribution in [1.82, 2.24) is 38.6 Å². The number of piperidine rings is 1. The summed E-state index contributed by atoms with van der Waals surface area (Å²) in [4.78, 5) is 24.1. The second kappa shape index (κ2) is 11.3. The van der Waals surface area contributed by atoms with Crippen LogP contribution < -0.4 is 10.6 Å². The molecular formula is C27H28F2N10OS. The van der Waals surface area contributed by atoms with E-state index in [1.807, 2.05) is 17.5 Å². The summed E-state index contributed by atoms with van der Waals surface area (Å²) in [6, 6.07) is 5.64. The maximum atomic E-state index is 13.9. The molecule has 1 amide bonds. The number of fused-ring (bicyclic) bond motifs is 1. The molecule has 5 heterocycles. The Kier molecular flexibility index (Phi) is 7.41. The lowest BCUT2D eigenvalue weighted by Crippen LogP contribution is -2.33. The predicted octanol–water partition coefficient (Wildman–Crippen LogP) is 4.65. The second-order valence-electron chi connectivity index (χ2n) is 10.3. The van der Waals surface area contributed by atoms with Gasteiger partial charge in [0.15, 0.2) is 23.1 Å². The quantitative estimate of drug-likeness (QED) is 0.273. The van der Waals surface area contributed by atoms with Crippen LogP contribution in [0.4, 0.5) is 25.3 Å². The summed E-state index contributed by atoms with van der Waals surface area (Å²) in [5, 5.41) is 14.8. The van der Waals surface area contributed by atoms with Gasteiger partial charge in [-0.1, -0.05) is 18.2 Å². The molecule has 0 spiro atoms. The molecule has 0 saturated carbocycles. The molecular weight excluding hydrogens is 550 g/mol. The average Bonchev–Trinajstić information content (AvgIpc) is 3.67. The molecule has 1 unspecified atom stereocenters. The number of amides is 1. The number of carbonyl (C=O) groups excluding carboxylic acids is 1. The highest BCUT2D eigenvalue weighted by Crippen LogP contribution is 2.28. The van der Waals surface area contributed by atoms with E-state index >= 15 is 0 Å². The van der Waals surface area contributed by atoms with Crippen LogP contribution in [0.5, 0.6) is 0 Å². The van der Waals surface area contributed by atoms with E-state index in [0.717, 1.165) is 42.1 Å². The van der Waals surface area contributed by atoms with E-state index in [2.05, 4.69) is 53.2 Å². The Bertz CT molecular complexity index is 1710. The van der Waals surface area contributed by atoms with Crippen LogP contribution in [0, 0.1) is 24.5 Å². The van der Waals surface area contributed by atoms with Gasteiger partial charge in [-0.2, -0.15) is 4.37 Å². The standard InChI is InChI=1S/C27H28F2N10OS/c1-16-5-4-8-37(11-16)13-18-9-24(41-35-18)33-26-27-30-10-22(39(27)12-17(2)31-26)21-14-38(36-34-21)15-23(40)32-20-7-3-6-19(28)25(20)29/h3,6-7,9-10,12,14,16H,4-5,8,11,13,15H2,1-2H3,(H,31,33)(H,32,40). The zero-order valence-corrected chi connectivity index (χ0v) is 23.3. The molecule has 41 heavy (non-hydrogen) atoms. The molecule has 1 saturated heterocycles. The van der Waals surface area contributed by atoms with Crippen LogP contribution in [-0.4, -0.2) is 57.6 Å². The van der Waals surface area contributed by atoms with Crippen LogP contribution >= 0.6 is 11.5 Å². The molecule has 5 aromatic rings. The van der Waals surface area contributed by atoms with E-state index in [1.165, 1.54) is 41.2 Å². The van der Waals surface area contributed by atoms with Crippen molar-refractivity contribution < 1.29 is 13.6 Å². The van der Waals surface area contributed by atoms with Gasteiger partial charge in [0, 0.05) is 19.3 Å². The molecule has 4 aromatic heterocycles. The summed E-state index contributed by atoms with van der Waals surface area (Å²) < 4.78 is 35.2. The molecule has 1 aromatic carbocycles. The van der Waals surface area contributed by atoms with Gasteiger partial charge in [0.25, 0.3) is 0 Å². The Balaban J connectivity index is 1.17. The third-order valence-corrected chi connectivity index (χ3v) is 7.61. The third-order valence-electron chi connectivity index (χ3n) is 6.87. The first-order valence-corrected chi connectivity index (χ1v) is 14.0. The van der Waals surface area contributed by atoms with Gasteiger partial charge in [-0.05, 0) is 62.0 Å². The van der Waals surface area contributed by atoms with E-state index in [4.69, 9.17) is 0 Å². The normalized spacial score (nSPS) is 15.9. The van der Waals surface area contributed by atoms with Gasteiger partial charge in [-0.15, -0.1) is 5.10 Å². The molecule has 1 fully saturated rings. The van der Waals surface area contributed by atoms with Crippen LogP contribution in [0.2, 0.25) is 0 Å². The van der Waals surface area contributed by atoms with E-state index in [0.29, 0.717) is 28.8 Å². The summed E-state index contributed by atoms with van der Waals surface area (Å²) in [5.41, 5.74) is 3.28. The van der Waals surface area contributed by atoms with E-state index < -0.39 is 17.5 Å². The van der Waals surface area contributed by atoms with Gasteiger partial charge in [0.05, 0.1) is 35.2 Å². The summed E-state index contributed by atoms with van der Waals surface area (Å²) in [6.45, 7) is 6.97. The zero-order chi connectivity index (χ0) is 28.5. The number of hydrogen-bond donors (Lipinski definition) is 2. The minimum atomic E-state index is -1.12. The van der Waals surface area contributed by atoms with Gasteiger partial charge < -0.3 is 10.6 Å².